The second-order valence-electron chi connectivity index (χ2n) is 6.67. The van der Waals surface area contributed by atoms with Crippen LogP contribution in [0.4, 0.5) is 5.69 Å². The Morgan fingerprint density at radius 1 is 1.18 bits per heavy atom. The Kier molecular flexibility index (Phi) is 4.44. The number of hydrogen-bond acceptors (Lipinski definition) is 3. The van der Waals surface area contributed by atoms with Gasteiger partial charge in [0.25, 0.3) is 0 Å². The lowest BCUT2D eigenvalue weighted by atomic mass is 10.0. The molecule has 2 amide bonds. The highest BCUT2D eigenvalue weighted by Gasteiger charge is 2.57. The van der Waals surface area contributed by atoms with E-state index in [1.54, 1.807) is 12.1 Å². The van der Waals surface area contributed by atoms with Gasteiger partial charge < -0.3 is 15.4 Å². The van der Waals surface area contributed by atoms with E-state index in [4.69, 9.17) is 4.74 Å². The molecule has 1 fully saturated rings. The highest BCUT2D eigenvalue weighted by Crippen LogP contribution is 2.47. The molecule has 0 radical (unpaired) electrons. The number of nitrogens with one attached hydrogen (secondary N) is 2. The van der Waals surface area contributed by atoms with Crippen LogP contribution in [-0.2, 0) is 9.59 Å². The van der Waals surface area contributed by atoms with E-state index < -0.39 is 5.41 Å². The summed E-state index contributed by atoms with van der Waals surface area (Å²) in [7, 11) is 0. The molecule has 0 heterocycles. The van der Waals surface area contributed by atoms with Crippen molar-refractivity contribution in [3.05, 3.63) is 24.3 Å². The number of benzene rings is 1. The zero-order valence-electron chi connectivity index (χ0n) is 13.7. The Balaban J connectivity index is 2.11. The van der Waals surface area contributed by atoms with E-state index >= 15 is 0 Å². The van der Waals surface area contributed by atoms with Crippen molar-refractivity contribution in [3.63, 3.8) is 0 Å². The minimum Gasteiger partial charge on any atom is -0.492 e. The van der Waals surface area contributed by atoms with Gasteiger partial charge in [0.05, 0.1) is 12.3 Å². The highest BCUT2D eigenvalue weighted by molar-refractivity contribution is 6.13. The minimum absolute atomic E-state index is 0.202. The van der Waals surface area contributed by atoms with Gasteiger partial charge >= 0.3 is 0 Å². The predicted molar refractivity (Wildman–Crippen MR) is 85.8 cm³/mol. The first kappa shape index (κ1) is 16.3. The maximum absolute atomic E-state index is 12.6. The Hall–Kier alpha value is -2.04. The molecule has 22 heavy (non-hydrogen) atoms. The van der Waals surface area contributed by atoms with Crippen molar-refractivity contribution in [2.45, 2.75) is 46.1 Å². The normalized spacial score (nSPS) is 15.8. The Morgan fingerprint density at radius 3 is 2.36 bits per heavy atom. The largest absolute Gasteiger partial charge is 0.492 e. The predicted octanol–water partition coefficient (Wildman–Crippen LogP) is 2.72. The number of carbonyl (C=O) groups is 2. The highest BCUT2D eigenvalue weighted by atomic mass is 16.5. The summed E-state index contributed by atoms with van der Waals surface area (Å²) >= 11 is 0. The third kappa shape index (κ3) is 3.59. The molecule has 2 rings (SSSR count). The summed E-state index contributed by atoms with van der Waals surface area (Å²) in [6, 6.07) is 7.25. The first-order valence-corrected chi connectivity index (χ1v) is 7.64. The lowest BCUT2D eigenvalue weighted by molar-refractivity contribution is -0.135. The SMILES string of the molecule is CCOc1ccccc1NC(=O)C1(C(=O)NC(C)(C)C)CC1. The van der Waals surface area contributed by atoms with Gasteiger partial charge in [0.15, 0.2) is 0 Å². The van der Waals surface area contributed by atoms with Gasteiger partial charge in [0, 0.05) is 5.54 Å². The standard InChI is InChI=1S/C17H24N2O3/c1-5-22-13-9-7-6-8-12(13)18-14(20)17(10-11-17)15(21)19-16(2,3)4/h6-9H,5,10-11H2,1-4H3,(H,18,20)(H,19,21). The summed E-state index contributed by atoms with van der Waals surface area (Å²) < 4.78 is 5.50. The molecular weight excluding hydrogens is 280 g/mol. The lowest BCUT2D eigenvalue weighted by Crippen LogP contribution is -2.48. The van der Waals surface area contributed by atoms with Crippen LogP contribution in [0.3, 0.4) is 0 Å². The Morgan fingerprint density at radius 2 is 1.82 bits per heavy atom. The van der Waals surface area contributed by atoms with Gasteiger partial charge in [-0.15, -0.1) is 0 Å². The van der Waals surface area contributed by atoms with Crippen molar-refractivity contribution in [1.82, 2.24) is 5.32 Å². The van der Waals surface area contributed by atoms with Crippen molar-refractivity contribution in [3.8, 4) is 5.75 Å². The molecule has 5 heteroatoms. The molecule has 0 unspecified atom stereocenters. The van der Waals surface area contributed by atoms with Gasteiger partial charge in [0.1, 0.15) is 11.2 Å². The molecule has 1 saturated carbocycles. The van der Waals surface area contributed by atoms with Crippen LogP contribution in [0.25, 0.3) is 0 Å². The molecule has 1 aliphatic carbocycles. The van der Waals surface area contributed by atoms with E-state index in [0.29, 0.717) is 30.9 Å². The third-order valence-corrected chi connectivity index (χ3v) is 3.54. The first-order chi connectivity index (χ1) is 10.3. The van der Waals surface area contributed by atoms with E-state index in [2.05, 4.69) is 10.6 Å². The van der Waals surface area contributed by atoms with Gasteiger partial charge in [0.2, 0.25) is 11.8 Å². The molecule has 0 saturated heterocycles. The summed E-state index contributed by atoms with van der Waals surface area (Å²) in [5.74, 6) is 0.151. The summed E-state index contributed by atoms with van der Waals surface area (Å²) in [4.78, 5) is 24.9. The Labute approximate surface area is 131 Å². The fourth-order valence-corrected chi connectivity index (χ4v) is 2.24. The zero-order valence-corrected chi connectivity index (χ0v) is 13.7. The van der Waals surface area contributed by atoms with E-state index in [1.807, 2.05) is 39.8 Å². The van der Waals surface area contributed by atoms with Crippen molar-refractivity contribution < 1.29 is 14.3 Å². The average Bonchev–Trinajstić information content (AvgIpc) is 3.21. The van der Waals surface area contributed by atoms with Gasteiger partial charge in [-0.1, -0.05) is 12.1 Å². The van der Waals surface area contributed by atoms with Gasteiger partial charge in [-0.05, 0) is 52.7 Å². The zero-order chi connectivity index (χ0) is 16.4. The molecule has 0 spiro atoms. The third-order valence-electron chi connectivity index (χ3n) is 3.54. The molecule has 120 valence electrons. The number of amides is 2. The van der Waals surface area contributed by atoms with E-state index in [9.17, 15) is 9.59 Å². The van der Waals surface area contributed by atoms with Crippen LogP contribution in [0, 0.1) is 5.41 Å². The van der Waals surface area contributed by atoms with Gasteiger partial charge in [-0.3, -0.25) is 9.59 Å². The number of anilines is 1. The van der Waals surface area contributed by atoms with Crippen molar-refractivity contribution >= 4 is 17.5 Å². The molecule has 1 aliphatic rings. The molecule has 0 aromatic heterocycles. The number of rotatable bonds is 5. The molecular formula is C17H24N2O3. The lowest BCUT2D eigenvalue weighted by Gasteiger charge is -2.24. The van der Waals surface area contributed by atoms with Crippen LogP contribution in [-0.4, -0.2) is 24.0 Å². The summed E-state index contributed by atoms with van der Waals surface area (Å²) in [6.45, 7) is 8.12. The quantitative estimate of drug-likeness (QED) is 0.822. The summed E-state index contributed by atoms with van der Waals surface area (Å²) in [5.41, 5.74) is -0.688. The first-order valence-electron chi connectivity index (χ1n) is 7.64. The topological polar surface area (TPSA) is 67.4 Å². The van der Waals surface area contributed by atoms with E-state index in [-0.39, 0.29) is 17.4 Å². The molecule has 2 N–H and O–H groups in total. The van der Waals surface area contributed by atoms with Gasteiger partial charge in [-0.25, -0.2) is 0 Å². The number of hydrogen-bond donors (Lipinski definition) is 2. The van der Waals surface area contributed by atoms with Crippen molar-refractivity contribution in [1.29, 1.82) is 0 Å². The number of ether oxygens (including phenoxy) is 1. The van der Waals surface area contributed by atoms with Crippen LogP contribution >= 0.6 is 0 Å². The van der Waals surface area contributed by atoms with E-state index in [1.165, 1.54) is 0 Å². The molecule has 0 bridgehead atoms. The smallest absolute Gasteiger partial charge is 0.240 e. The second kappa shape index (κ2) is 5.99. The second-order valence-corrected chi connectivity index (χ2v) is 6.67. The maximum atomic E-state index is 12.6. The maximum Gasteiger partial charge on any atom is 0.240 e. The van der Waals surface area contributed by atoms with Crippen LogP contribution in [0.5, 0.6) is 5.75 Å². The van der Waals surface area contributed by atoms with Crippen LogP contribution in [0.2, 0.25) is 0 Å². The number of para-hydroxylation sites is 2. The molecule has 0 aliphatic heterocycles. The fraction of sp³-hybridized carbons (Fsp3) is 0.529. The fourth-order valence-electron chi connectivity index (χ4n) is 2.24. The van der Waals surface area contributed by atoms with Crippen LogP contribution in [0.1, 0.15) is 40.5 Å². The molecule has 1 aromatic rings. The summed E-state index contributed by atoms with van der Waals surface area (Å²) in [5, 5.41) is 5.74. The number of carbonyl (C=O) groups excluding carboxylic acids is 2. The monoisotopic (exact) mass is 304 g/mol. The molecule has 5 nitrogen and oxygen atoms in total. The van der Waals surface area contributed by atoms with Crippen molar-refractivity contribution in [2.75, 3.05) is 11.9 Å². The molecule has 1 aromatic carbocycles. The van der Waals surface area contributed by atoms with Crippen molar-refractivity contribution in [2.24, 2.45) is 5.41 Å². The minimum atomic E-state index is -0.938. The Bertz CT molecular complexity index is 572. The average molecular weight is 304 g/mol. The van der Waals surface area contributed by atoms with E-state index in [0.717, 1.165) is 0 Å². The van der Waals surface area contributed by atoms with Crippen LogP contribution < -0.4 is 15.4 Å². The molecule has 0 atom stereocenters. The summed E-state index contributed by atoms with van der Waals surface area (Å²) in [6.07, 6.45) is 1.16. The van der Waals surface area contributed by atoms with Crippen LogP contribution in [0.15, 0.2) is 24.3 Å². The van der Waals surface area contributed by atoms with Gasteiger partial charge in [-0.2, -0.15) is 0 Å².